The topological polar surface area (TPSA) is 82.8 Å². The Kier molecular flexibility index (Phi) is 4.77. The van der Waals surface area contributed by atoms with Gasteiger partial charge in [0, 0.05) is 23.0 Å². The van der Waals surface area contributed by atoms with E-state index in [1.54, 1.807) is 0 Å². The second kappa shape index (κ2) is 7.38. The number of anilines is 2. The minimum atomic E-state index is -0.314. The van der Waals surface area contributed by atoms with Crippen LogP contribution in [-0.2, 0) is 6.42 Å². The van der Waals surface area contributed by atoms with E-state index in [1.807, 2.05) is 18.3 Å². The van der Waals surface area contributed by atoms with Gasteiger partial charge in [0.25, 0.3) is 0 Å². The van der Waals surface area contributed by atoms with E-state index in [-0.39, 0.29) is 17.3 Å². The van der Waals surface area contributed by atoms with Gasteiger partial charge in [-0.3, -0.25) is 0 Å². The molecule has 1 saturated carbocycles. The number of nitrogen functional groups attached to an aromatic ring is 2. The first-order valence-electron chi connectivity index (χ1n) is 10.6. The number of benzene rings is 1. The Balaban J connectivity index is 1.33. The number of pyridine rings is 2. The Bertz CT molecular complexity index is 1300. The number of aromatic nitrogens is 3. The maximum absolute atomic E-state index is 14.5. The Labute approximate surface area is 185 Å². The Hall–Kier alpha value is -2.86. The van der Waals surface area contributed by atoms with E-state index in [9.17, 15) is 4.39 Å². The fourth-order valence-electron chi connectivity index (χ4n) is 5.02. The van der Waals surface area contributed by atoms with Gasteiger partial charge >= 0.3 is 0 Å². The van der Waals surface area contributed by atoms with Crippen LogP contribution < -0.4 is 11.5 Å². The fourth-order valence-corrected chi connectivity index (χ4v) is 5.18. The number of hydrogen-bond acceptors (Lipinski definition) is 4. The highest BCUT2D eigenvalue weighted by Crippen LogP contribution is 2.48. The predicted octanol–water partition coefficient (Wildman–Crippen LogP) is 5.91. The van der Waals surface area contributed by atoms with Gasteiger partial charge in [-0.25, -0.2) is 14.4 Å². The standard InChI is InChI=1S/C24H25ClFN5/c1-24(7-4-14-2-3-15-11-18(25)23(28)30-20(15)10-14)8-5-16(12-24)31-9-6-17-21(31)19(26)13-29-22(17)27/h2-3,6,9-11,13,16H,4-5,7-8,12H2,1H3,(H2,27,29)(H2,28,30)/t16?,24-/m1/s1. The molecule has 1 aromatic carbocycles. The van der Waals surface area contributed by atoms with E-state index >= 15 is 0 Å². The summed E-state index contributed by atoms with van der Waals surface area (Å²) in [4.78, 5) is 8.35. The Morgan fingerprint density at radius 3 is 2.90 bits per heavy atom. The van der Waals surface area contributed by atoms with Gasteiger partial charge in [-0.1, -0.05) is 30.7 Å². The fraction of sp³-hybridized carbons (Fsp3) is 0.333. The van der Waals surface area contributed by atoms with Gasteiger partial charge in [0.1, 0.15) is 11.6 Å². The third kappa shape index (κ3) is 3.59. The summed E-state index contributed by atoms with van der Waals surface area (Å²) in [7, 11) is 0. The van der Waals surface area contributed by atoms with Crippen molar-refractivity contribution in [3.63, 3.8) is 0 Å². The number of fused-ring (bicyclic) bond motifs is 2. The van der Waals surface area contributed by atoms with Crippen LogP contribution in [0.25, 0.3) is 21.8 Å². The number of halogens is 2. The summed E-state index contributed by atoms with van der Waals surface area (Å²) < 4.78 is 16.6. The number of nitrogens with zero attached hydrogens (tertiary/aromatic N) is 3. The second-order valence-corrected chi connectivity index (χ2v) is 9.47. The molecule has 0 saturated heterocycles. The van der Waals surface area contributed by atoms with Crippen LogP contribution in [0, 0.1) is 11.2 Å². The molecule has 1 aliphatic carbocycles. The highest BCUT2D eigenvalue weighted by Gasteiger charge is 2.36. The molecule has 3 aromatic heterocycles. The highest BCUT2D eigenvalue weighted by molar-refractivity contribution is 6.33. The van der Waals surface area contributed by atoms with E-state index in [2.05, 4.69) is 39.7 Å². The molecule has 4 aromatic rings. The third-order valence-corrected chi connectivity index (χ3v) is 7.12. The summed E-state index contributed by atoms with van der Waals surface area (Å²) in [6, 6.07) is 10.3. The van der Waals surface area contributed by atoms with Crippen molar-refractivity contribution in [2.75, 3.05) is 11.5 Å². The van der Waals surface area contributed by atoms with Crippen LogP contribution in [-0.4, -0.2) is 14.5 Å². The number of rotatable bonds is 4. The molecule has 0 bridgehead atoms. The first-order valence-corrected chi connectivity index (χ1v) is 11.0. The molecule has 1 fully saturated rings. The SMILES string of the molecule is C[C@@]1(CCc2ccc3cc(Cl)c(N)nc3c2)CCC(n2ccc3c(N)ncc(F)c32)C1. The lowest BCUT2D eigenvalue weighted by atomic mass is 9.82. The number of aryl methyl sites for hydroxylation is 1. The molecule has 0 aliphatic heterocycles. The van der Waals surface area contributed by atoms with Crippen molar-refractivity contribution in [1.29, 1.82) is 0 Å². The summed E-state index contributed by atoms with van der Waals surface area (Å²) in [5.74, 6) is 0.424. The van der Waals surface area contributed by atoms with E-state index in [0.717, 1.165) is 43.0 Å². The van der Waals surface area contributed by atoms with E-state index < -0.39 is 0 Å². The zero-order chi connectivity index (χ0) is 21.8. The molecule has 5 nitrogen and oxygen atoms in total. The molecule has 2 atom stereocenters. The Morgan fingerprint density at radius 2 is 2.06 bits per heavy atom. The molecule has 0 amide bonds. The van der Waals surface area contributed by atoms with E-state index in [4.69, 9.17) is 23.1 Å². The first kappa shape index (κ1) is 20.1. The molecule has 1 aliphatic rings. The van der Waals surface area contributed by atoms with Gasteiger partial charge in [0.15, 0.2) is 5.82 Å². The Morgan fingerprint density at radius 1 is 1.23 bits per heavy atom. The normalized spacial score (nSPS) is 21.3. The van der Waals surface area contributed by atoms with E-state index in [0.29, 0.717) is 27.6 Å². The molecule has 160 valence electrons. The average molecular weight is 438 g/mol. The minimum absolute atomic E-state index is 0.192. The molecule has 1 unspecified atom stereocenters. The van der Waals surface area contributed by atoms with Gasteiger partial charge in [0.2, 0.25) is 0 Å². The zero-order valence-electron chi connectivity index (χ0n) is 17.4. The van der Waals surface area contributed by atoms with Crippen molar-refractivity contribution >= 4 is 45.0 Å². The minimum Gasteiger partial charge on any atom is -0.383 e. The maximum Gasteiger partial charge on any atom is 0.165 e. The van der Waals surface area contributed by atoms with Crippen LogP contribution in [0.15, 0.2) is 42.7 Å². The van der Waals surface area contributed by atoms with Crippen LogP contribution in [0.1, 0.15) is 44.2 Å². The van der Waals surface area contributed by atoms with Crippen LogP contribution in [0.2, 0.25) is 5.02 Å². The van der Waals surface area contributed by atoms with Crippen LogP contribution in [0.3, 0.4) is 0 Å². The molecule has 0 radical (unpaired) electrons. The van der Waals surface area contributed by atoms with Gasteiger partial charge in [-0.15, -0.1) is 0 Å². The summed E-state index contributed by atoms with van der Waals surface area (Å²) >= 11 is 6.08. The summed E-state index contributed by atoms with van der Waals surface area (Å²) in [6.07, 6.45) is 8.32. The molecular formula is C24H25ClFN5. The first-order chi connectivity index (χ1) is 14.8. The summed E-state index contributed by atoms with van der Waals surface area (Å²) in [5, 5.41) is 2.17. The smallest absolute Gasteiger partial charge is 0.165 e. The molecule has 4 N–H and O–H groups in total. The van der Waals surface area contributed by atoms with Crippen molar-refractivity contribution in [3.05, 3.63) is 59.1 Å². The molecule has 31 heavy (non-hydrogen) atoms. The molecule has 3 heterocycles. The van der Waals surface area contributed by atoms with Gasteiger partial charge < -0.3 is 16.0 Å². The van der Waals surface area contributed by atoms with Crippen molar-refractivity contribution in [3.8, 4) is 0 Å². The van der Waals surface area contributed by atoms with Crippen molar-refractivity contribution < 1.29 is 4.39 Å². The molecule has 0 spiro atoms. The zero-order valence-corrected chi connectivity index (χ0v) is 18.2. The lowest BCUT2D eigenvalue weighted by Crippen LogP contribution is -2.14. The van der Waals surface area contributed by atoms with Crippen LogP contribution in [0.5, 0.6) is 0 Å². The van der Waals surface area contributed by atoms with Crippen LogP contribution in [0.4, 0.5) is 16.0 Å². The molecular weight excluding hydrogens is 413 g/mol. The van der Waals surface area contributed by atoms with Crippen molar-refractivity contribution in [2.45, 2.75) is 45.1 Å². The monoisotopic (exact) mass is 437 g/mol. The van der Waals surface area contributed by atoms with Gasteiger partial charge in [-0.05, 0) is 61.3 Å². The summed E-state index contributed by atoms with van der Waals surface area (Å²) in [6.45, 7) is 2.34. The summed E-state index contributed by atoms with van der Waals surface area (Å²) in [5.41, 5.74) is 14.7. The lowest BCUT2D eigenvalue weighted by molar-refractivity contribution is 0.295. The van der Waals surface area contributed by atoms with Crippen molar-refractivity contribution in [2.24, 2.45) is 5.41 Å². The molecule has 5 rings (SSSR count). The van der Waals surface area contributed by atoms with Gasteiger partial charge in [0.05, 0.1) is 22.3 Å². The maximum atomic E-state index is 14.5. The average Bonchev–Trinajstić information content (AvgIpc) is 3.35. The lowest BCUT2D eigenvalue weighted by Gasteiger charge is -2.25. The highest BCUT2D eigenvalue weighted by atomic mass is 35.5. The number of nitrogens with two attached hydrogens (primary N) is 2. The predicted molar refractivity (Wildman–Crippen MR) is 125 cm³/mol. The third-order valence-electron chi connectivity index (χ3n) is 6.82. The largest absolute Gasteiger partial charge is 0.383 e. The second-order valence-electron chi connectivity index (χ2n) is 9.07. The van der Waals surface area contributed by atoms with E-state index in [1.165, 1.54) is 11.8 Å². The van der Waals surface area contributed by atoms with Crippen molar-refractivity contribution in [1.82, 2.24) is 14.5 Å². The molecule has 7 heteroatoms. The van der Waals surface area contributed by atoms with Crippen LogP contribution >= 0.6 is 11.6 Å². The van der Waals surface area contributed by atoms with Gasteiger partial charge in [-0.2, -0.15) is 0 Å². The number of hydrogen-bond donors (Lipinski definition) is 2. The quantitative estimate of drug-likeness (QED) is 0.416.